The summed E-state index contributed by atoms with van der Waals surface area (Å²) in [5, 5.41) is 3.84. The van der Waals surface area contributed by atoms with Crippen LogP contribution in [0.15, 0.2) is 18.2 Å². The summed E-state index contributed by atoms with van der Waals surface area (Å²) < 4.78 is 49.5. The van der Waals surface area contributed by atoms with Crippen LogP contribution in [0.5, 0.6) is 0 Å². The molecule has 1 aromatic carbocycles. The van der Waals surface area contributed by atoms with Crippen LogP contribution in [0.25, 0.3) is 0 Å². The van der Waals surface area contributed by atoms with Gasteiger partial charge in [0.05, 0.1) is 6.54 Å². The Balaban J connectivity index is 2.73. The van der Waals surface area contributed by atoms with E-state index in [2.05, 4.69) is 11.2 Å². The second-order valence-corrected chi connectivity index (χ2v) is 3.87. The van der Waals surface area contributed by atoms with Crippen LogP contribution < -0.4 is 10.6 Å². The van der Waals surface area contributed by atoms with Crippen LogP contribution in [0.2, 0.25) is 0 Å². The molecule has 0 aliphatic rings. The first-order chi connectivity index (χ1) is 9.75. The summed E-state index contributed by atoms with van der Waals surface area (Å²) in [6.45, 7) is -0.680. The summed E-state index contributed by atoms with van der Waals surface area (Å²) in [5.41, 5.74) is -0.213. The molecule has 0 fully saturated rings. The van der Waals surface area contributed by atoms with Crippen LogP contribution in [0, 0.1) is 18.2 Å². The Kier molecular flexibility index (Phi) is 5.30. The van der Waals surface area contributed by atoms with Crippen LogP contribution >= 0.6 is 0 Å². The molecule has 0 spiro atoms. The lowest BCUT2D eigenvalue weighted by atomic mass is 10.1. The van der Waals surface area contributed by atoms with E-state index in [0.29, 0.717) is 0 Å². The molecule has 2 amide bonds. The third-order valence-electron chi connectivity index (χ3n) is 2.36. The number of hydrogen-bond donors (Lipinski definition) is 2. The third-order valence-corrected chi connectivity index (χ3v) is 2.36. The molecule has 0 atom stereocenters. The monoisotopic (exact) mass is 302 g/mol. The van der Waals surface area contributed by atoms with Crippen LogP contribution in [0.4, 0.5) is 17.6 Å². The molecule has 0 aliphatic carbocycles. The minimum absolute atomic E-state index is 0.0337. The second-order valence-electron chi connectivity index (χ2n) is 3.87. The zero-order chi connectivity index (χ0) is 16.0. The van der Waals surface area contributed by atoms with E-state index in [-0.39, 0.29) is 17.7 Å². The van der Waals surface area contributed by atoms with Gasteiger partial charge < -0.3 is 10.6 Å². The SMILES string of the molecule is C#CCNC(=O)c1ccc(CNC(=O)C(F)(F)F)c(F)c1. The smallest absolute Gasteiger partial charge is 0.344 e. The molecule has 0 aromatic heterocycles. The maximum atomic E-state index is 13.6. The van der Waals surface area contributed by atoms with E-state index in [4.69, 9.17) is 6.42 Å². The molecule has 1 aromatic rings. The number of rotatable bonds is 4. The van der Waals surface area contributed by atoms with Gasteiger partial charge in [-0.05, 0) is 12.1 Å². The van der Waals surface area contributed by atoms with Crippen molar-refractivity contribution in [2.24, 2.45) is 0 Å². The van der Waals surface area contributed by atoms with Crippen molar-refractivity contribution in [2.75, 3.05) is 6.54 Å². The summed E-state index contributed by atoms with van der Waals surface area (Å²) in [7, 11) is 0. The van der Waals surface area contributed by atoms with Gasteiger partial charge in [-0.15, -0.1) is 6.42 Å². The second kappa shape index (κ2) is 6.74. The number of carbonyl (C=O) groups is 2. The first-order valence-electron chi connectivity index (χ1n) is 5.61. The van der Waals surface area contributed by atoms with Crippen molar-refractivity contribution in [2.45, 2.75) is 12.7 Å². The van der Waals surface area contributed by atoms with Gasteiger partial charge in [0.25, 0.3) is 5.91 Å². The van der Waals surface area contributed by atoms with Gasteiger partial charge in [-0.3, -0.25) is 9.59 Å². The normalized spacial score (nSPS) is 10.6. The van der Waals surface area contributed by atoms with Gasteiger partial charge in [-0.2, -0.15) is 13.2 Å². The molecular weight excluding hydrogens is 292 g/mol. The van der Waals surface area contributed by atoms with Gasteiger partial charge in [0, 0.05) is 17.7 Å². The molecule has 8 heteroatoms. The van der Waals surface area contributed by atoms with E-state index in [1.54, 1.807) is 0 Å². The number of benzene rings is 1. The molecule has 0 aliphatic heterocycles. The van der Waals surface area contributed by atoms with Crippen molar-refractivity contribution in [3.63, 3.8) is 0 Å². The van der Waals surface area contributed by atoms with Crippen molar-refractivity contribution >= 4 is 11.8 Å². The predicted molar refractivity (Wildman–Crippen MR) is 65.5 cm³/mol. The molecule has 21 heavy (non-hydrogen) atoms. The Labute approximate surface area is 117 Å². The molecule has 0 saturated heterocycles. The summed E-state index contributed by atoms with van der Waals surface area (Å²) in [6, 6.07) is 3.17. The fraction of sp³-hybridized carbons (Fsp3) is 0.231. The molecule has 0 saturated carbocycles. The van der Waals surface area contributed by atoms with Crippen molar-refractivity contribution in [1.29, 1.82) is 0 Å². The number of halogens is 4. The van der Waals surface area contributed by atoms with E-state index < -0.39 is 30.4 Å². The number of nitrogens with one attached hydrogen (secondary N) is 2. The zero-order valence-corrected chi connectivity index (χ0v) is 10.6. The summed E-state index contributed by atoms with van der Waals surface area (Å²) >= 11 is 0. The number of hydrogen-bond acceptors (Lipinski definition) is 2. The standard InChI is InChI=1S/C13H10F4N2O2/c1-2-5-18-11(20)8-3-4-9(10(14)6-8)7-19-12(21)13(15,16)17/h1,3-4,6H,5,7H2,(H,18,20)(H,19,21). The number of terminal acetylenes is 1. The maximum Gasteiger partial charge on any atom is 0.471 e. The van der Waals surface area contributed by atoms with Crippen molar-refractivity contribution in [1.82, 2.24) is 10.6 Å². The molecule has 1 rings (SSSR count). The van der Waals surface area contributed by atoms with E-state index in [0.717, 1.165) is 12.1 Å². The summed E-state index contributed by atoms with van der Waals surface area (Å²) in [4.78, 5) is 22.1. The van der Waals surface area contributed by atoms with E-state index in [1.165, 1.54) is 11.4 Å². The first kappa shape index (κ1) is 16.5. The Morgan fingerprint density at radius 2 is 1.90 bits per heavy atom. The van der Waals surface area contributed by atoms with Crippen LogP contribution in [-0.2, 0) is 11.3 Å². The van der Waals surface area contributed by atoms with Crippen LogP contribution in [0.3, 0.4) is 0 Å². The van der Waals surface area contributed by atoms with Gasteiger partial charge in [0.1, 0.15) is 5.82 Å². The average molecular weight is 302 g/mol. The van der Waals surface area contributed by atoms with Crippen molar-refractivity contribution in [3.05, 3.63) is 35.1 Å². The molecule has 0 unspecified atom stereocenters. The van der Waals surface area contributed by atoms with E-state index >= 15 is 0 Å². The highest BCUT2D eigenvalue weighted by molar-refractivity contribution is 5.94. The Morgan fingerprint density at radius 1 is 1.24 bits per heavy atom. The molecule has 112 valence electrons. The lowest BCUT2D eigenvalue weighted by Crippen LogP contribution is -2.36. The number of carbonyl (C=O) groups excluding carboxylic acids is 2. The van der Waals surface area contributed by atoms with Gasteiger partial charge in [-0.1, -0.05) is 12.0 Å². The van der Waals surface area contributed by atoms with Gasteiger partial charge in [0.2, 0.25) is 0 Å². The minimum Gasteiger partial charge on any atom is -0.344 e. The predicted octanol–water partition coefficient (Wildman–Crippen LogP) is 1.37. The Bertz CT molecular complexity index is 591. The van der Waals surface area contributed by atoms with Crippen LogP contribution in [-0.4, -0.2) is 24.5 Å². The fourth-order valence-electron chi connectivity index (χ4n) is 1.34. The Morgan fingerprint density at radius 3 is 2.43 bits per heavy atom. The molecule has 0 bridgehead atoms. The Hall–Kier alpha value is -2.56. The zero-order valence-electron chi connectivity index (χ0n) is 10.6. The van der Waals surface area contributed by atoms with Crippen molar-refractivity contribution in [3.8, 4) is 12.3 Å². The lowest BCUT2D eigenvalue weighted by molar-refractivity contribution is -0.173. The molecule has 0 heterocycles. The first-order valence-corrected chi connectivity index (χ1v) is 5.61. The van der Waals surface area contributed by atoms with Crippen molar-refractivity contribution < 1.29 is 27.2 Å². The van der Waals surface area contributed by atoms with Gasteiger partial charge >= 0.3 is 12.1 Å². The van der Waals surface area contributed by atoms with E-state index in [9.17, 15) is 27.2 Å². The highest BCUT2D eigenvalue weighted by Gasteiger charge is 2.38. The molecular formula is C13H10F4N2O2. The largest absolute Gasteiger partial charge is 0.471 e. The van der Waals surface area contributed by atoms with Gasteiger partial charge in [0.15, 0.2) is 0 Å². The lowest BCUT2D eigenvalue weighted by Gasteiger charge is -2.09. The molecule has 0 radical (unpaired) electrons. The number of amides is 2. The minimum atomic E-state index is -5.04. The molecule has 4 nitrogen and oxygen atoms in total. The van der Waals surface area contributed by atoms with Gasteiger partial charge in [-0.25, -0.2) is 4.39 Å². The average Bonchev–Trinajstić information content (AvgIpc) is 2.41. The maximum absolute atomic E-state index is 13.6. The summed E-state index contributed by atoms with van der Waals surface area (Å²) in [6.07, 6.45) is -0.0952. The highest BCUT2D eigenvalue weighted by Crippen LogP contribution is 2.15. The van der Waals surface area contributed by atoms with Crippen LogP contribution in [0.1, 0.15) is 15.9 Å². The highest BCUT2D eigenvalue weighted by atomic mass is 19.4. The topological polar surface area (TPSA) is 58.2 Å². The quantitative estimate of drug-likeness (QED) is 0.652. The fourth-order valence-corrected chi connectivity index (χ4v) is 1.34. The summed E-state index contributed by atoms with van der Waals surface area (Å²) in [5.74, 6) is -1.53. The third kappa shape index (κ3) is 4.80. The molecule has 2 N–H and O–H groups in total. The van der Waals surface area contributed by atoms with E-state index in [1.807, 2.05) is 0 Å². The number of alkyl halides is 3.